The minimum absolute atomic E-state index is 0.545. The zero-order valence-corrected chi connectivity index (χ0v) is 7.37. The van der Waals surface area contributed by atoms with Gasteiger partial charge >= 0.3 is 0 Å². The topological polar surface area (TPSA) is 18.5 Å². The first-order chi connectivity index (χ1) is 5.90. The minimum atomic E-state index is 0.545. The molecule has 2 aliphatic heterocycles. The third-order valence-electron chi connectivity index (χ3n) is 2.96. The Morgan fingerprint density at radius 3 is 3.00 bits per heavy atom. The Balaban J connectivity index is 1.72. The SMILES string of the molecule is C=COCCC1CC2CCC1O2. The van der Waals surface area contributed by atoms with E-state index >= 15 is 0 Å². The Bertz CT molecular complexity index is 167. The highest BCUT2D eigenvalue weighted by Gasteiger charge is 2.40. The van der Waals surface area contributed by atoms with Crippen LogP contribution in [0, 0.1) is 5.92 Å². The summed E-state index contributed by atoms with van der Waals surface area (Å²) in [6.45, 7) is 4.33. The molecule has 2 nitrogen and oxygen atoms in total. The first kappa shape index (κ1) is 8.11. The van der Waals surface area contributed by atoms with E-state index in [2.05, 4.69) is 6.58 Å². The van der Waals surface area contributed by atoms with Gasteiger partial charge in [-0.1, -0.05) is 6.58 Å². The van der Waals surface area contributed by atoms with Crippen LogP contribution in [0.4, 0.5) is 0 Å². The molecule has 2 bridgehead atoms. The molecule has 2 heterocycles. The fourth-order valence-corrected chi connectivity index (χ4v) is 2.35. The lowest BCUT2D eigenvalue weighted by molar-refractivity contribution is 0.0867. The molecule has 12 heavy (non-hydrogen) atoms. The third-order valence-corrected chi connectivity index (χ3v) is 2.96. The maximum Gasteiger partial charge on any atom is 0.0876 e. The lowest BCUT2D eigenvalue weighted by atomic mass is 9.87. The third kappa shape index (κ3) is 1.48. The van der Waals surface area contributed by atoms with E-state index in [4.69, 9.17) is 9.47 Å². The van der Waals surface area contributed by atoms with Crippen molar-refractivity contribution in [2.45, 2.75) is 37.9 Å². The van der Waals surface area contributed by atoms with Gasteiger partial charge in [0.15, 0.2) is 0 Å². The second kappa shape index (κ2) is 3.48. The second-order valence-corrected chi connectivity index (χ2v) is 3.70. The number of hydrogen-bond donors (Lipinski definition) is 0. The van der Waals surface area contributed by atoms with Crippen molar-refractivity contribution in [2.75, 3.05) is 6.61 Å². The minimum Gasteiger partial charge on any atom is -0.502 e. The summed E-state index contributed by atoms with van der Waals surface area (Å²) in [7, 11) is 0. The van der Waals surface area contributed by atoms with E-state index in [1.165, 1.54) is 25.5 Å². The number of fused-ring (bicyclic) bond motifs is 2. The monoisotopic (exact) mass is 168 g/mol. The Kier molecular flexibility index (Phi) is 2.35. The summed E-state index contributed by atoms with van der Waals surface area (Å²) in [5.41, 5.74) is 0. The molecule has 0 aromatic rings. The maximum absolute atomic E-state index is 5.73. The zero-order chi connectivity index (χ0) is 8.39. The van der Waals surface area contributed by atoms with E-state index in [-0.39, 0.29) is 0 Å². The van der Waals surface area contributed by atoms with E-state index in [0.717, 1.165) is 18.9 Å². The normalized spacial score (nSPS) is 38.5. The lowest BCUT2D eigenvalue weighted by Crippen LogP contribution is -2.17. The van der Waals surface area contributed by atoms with Crippen molar-refractivity contribution >= 4 is 0 Å². The molecule has 0 aromatic carbocycles. The van der Waals surface area contributed by atoms with Gasteiger partial charge in [-0.3, -0.25) is 0 Å². The van der Waals surface area contributed by atoms with Crippen LogP contribution in [0.1, 0.15) is 25.7 Å². The van der Waals surface area contributed by atoms with E-state index in [1.54, 1.807) is 0 Å². The van der Waals surface area contributed by atoms with Gasteiger partial charge in [0.2, 0.25) is 0 Å². The fraction of sp³-hybridized carbons (Fsp3) is 0.800. The quantitative estimate of drug-likeness (QED) is 0.473. The van der Waals surface area contributed by atoms with E-state index < -0.39 is 0 Å². The van der Waals surface area contributed by atoms with Gasteiger partial charge in [-0.15, -0.1) is 0 Å². The Morgan fingerprint density at radius 2 is 2.42 bits per heavy atom. The van der Waals surface area contributed by atoms with E-state index in [9.17, 15) is 0 Å². The first-order valence-corrected chi connectivity index (χ1v) is 4.78. The van der Waals surface area contributed by atoms with E-state index in [0.29, 0.717) is 12.2 Å². The number of rotatable bonds is 4. The average molecular weight is 168 g/mol. The summed E-state index contributed by atoms with van der Waals surface area (Å²) >= 11 is 0. The highest BCUT2D eigenvalue weighted by atomic mass is 16.5. The van der Waals surface area contributed by atoms with Crippen molar-refractivity contribution in [3.8, 4) is 0 Å². The van der Waals surface area contributed by atoms with Crippen molar-refractivity contribution in [1.82, 2.24) is 0 Å². The summed E-state index contributed by atoms with van der Waals surface area (Å²) in [5.74, 6) is 0.753. The van der Waals surface area contributed by atoms with E-state index in [1.807, 2.05) is 0 Å². The van der Waals surface area contributed by atoms with Crippen molar-refractivity contribution in [3.05, 3.63) is 12.8 Å². The Hall–Kier alpha value is -0.500. The van der Waals surface area contributed by atoms with Crippen LogP contribution in [0.3, 0.4) is 0 Å². The van der Waals surface area contributed by atoms with Crippen molar-refractivity contribution in [3.63, 3.8) is 0 Å². The largest absolute Gasteiger partial charge is 0.502 e. The van der Waals surface area contributed by atoms with Gasteiger partial charge in [0.1, 0.15) is 0 Å². The van der Waals surface area contributed by atoms with Crippen LogP contribution in [0.25, 0.3) is 0 Å². The number of ether oxygens (including phenoxy) is 2. The molecule has 0 aliphatic carbocycles. The van der Waals surface area contributed by atoms with Crippen LogP contribution in [0.2, 0.25) is 0 Å². The average Bonchev–Trinajstić information content (AvgIpc) is 2.65. The molecular weight excluding hydrogens is 152 g/mol. The molecule has 0 N–H and O–H groups in total. The van der Waals surface area contributed by atoms with Gasteiger partial charge < -0.3 is 9.47 Å². The highest BCUT2D eigenvalue weighted by molar-refractivity contribution is 4.89. The Morgan fingerprint density at radius 1 is 1.50 bits per heavy atom. The maximum atomic E-state index is 5.73. The summed E-state index contributed by atoms with van der Waals surface area (Å²) in [6.07, 6.45) is 7.58. The molecule has 2 aliphatic rings. The molecule has 3 unspecified atom stereocenters. The lowest BCUT2D eigenvalue weighted by Gasteiger charge is -2.17. The summed E-state index contributed by atoms with van der Waals surface area (Å²) < 4.78 is 10.8. The second-order valence-electron chi connectivity index (χ2n) is 3.70. The van der Waals surface area contributed by atoms with Crippen LogP contribution in [0.15, 0.2) is 12.8 Å². The predicted octanol–water partition coefficient (Wildman–Crippen LogP) is 2.10. The molecule has 0 aromatic heterocycles. The predicted molar refractivity (Wildman–Crippen MR) is 46.8 cm³/mol. The molecule has 2 heteroatoms. The number of hydrogen-bond acceptors (Lipinski definition) is 2. The molecule has 2 rings (SSSR count). The molecule has 0 saturated carbocycles. The van der Waals surface area contributed by atoms with Gasteiger partial charge in [-0.25, -0.2) is 0 Å². The van der Waals surface area contributed by atoms with Crippen LogP contribution < -0.4 is 0 Å². The standard InChI is InChI=1S/C10H16O2/c1-2-11-6-5-8-7-9-3-4-10(8)12-9/h2,8-10H,1,3-7H2. The first-order valence-electron chi connectivity index (χ1n) is 4.78. The highest BCUT2D eigenvalue weighted by Crippen LogP contribution is 2.40. The molecule has 3 atom stereocenters. The smallest absolute Gasteiger partial charge is 0.0876 e. The van der Waals surface area contributed by atoms with Gasteiger partial charge in [0.05, 0.1) is 25.1 Å². The van der Waals surface area contributed by atoms with Gasteiger partial charge in [-0.2, -0.15) is 0 Å². The van der Waals surface area contributed by atoms with Crippen LogP contribution in [-0.2, 0) is 9.47 Å². The van der Waals surface area contributed by atoms with Crippen LogP contribution >= 0.6 is 0 Å². The summed E-state index contributed by atoms with van der Waals surface area (Å²) in [5, 5.41) is 0. The van der Waals surface area contributed by atoms with Gasteiger partial charge in [0, 0.05) is 0 Å². The molecule has 0 amide bonds. The van der Waals surface area contributed by atoms with Crippen molar-refractivity contribution in [1.29, 1.82) is 0 Å². The van der Waals surface area contributed by atoms with Crippen LogP contribution in [0.5, 0.6) is 0 Å². The molecule has 0 spiro atoms. The van der Waals surface area contributed by atoms with Crippen molar-refractivity contribution in [2.24, 2.45) is 5.92 Å². The van der Waals surface area contributed by atoms with Crippen LogP contribution in [-0.4, -0.2) is 18.8 Å². The molecular formula is C10H16O2. The Labute approximate surface area is 73.5 Å². The summed E-state index contributed by atoms with van der Waals surface area (Å²) in [6, 6.07) is 0. The molecule has 68 valence electrons. The fourth-order valence-electron chi connectivity index (χ4n) is 2.35. The molecule has 2 fully saturated rings. The van der Waals surface area contributed by atoms with Gasteiger partial charge in [0.25, 0.3) is 0 Å². The van der Waals surface area contributed by atoms with Gasteiger partial charge in [-0.05, 0) is 31.6 Å². The van der Waals surface area contributed by atoms with Crippen molar-refractivity contribution < 1.29 is 9.47 Å². The zero-order valence-electron chi connectivity index (χ0n) is 7.37. The summed E-state index contributed by atoms with van der Waals surface area (Å²) in [4.78, 5) is 0. The molecule has 2 saturated heterocycles. The molecule has 0 radical (unpaired) electrons.